The van der Waals surface area contributed by atoms with Gasteiger partial charge in [0.1, 0.15) is 66.8 Å². The molecule has 5 rings (SSSR count). The fourth-order valence-electron chi connectivity index (χ4n) is 7.76. The van der Waals surface area contributed by atoms with Gasteiger partial charge in [-0.3, -0.25) is 24.0 Å². The average Bonchev–Trinajstić information content (AvgIpc) is 3.30. The Bertz CT molecular complexity index is 2520. The monoisotopic (exact) mass is 933 g/mol. The van der Waals surface area contributed by atoms with Crippen molar-refractivity contribution in [1.29, 1.82) is 5.26 Å². The molecular weight excluding hydrogens is 869 g/mol. The van der Waals surface area contributed by atoms with E-state index in [-0.39, 0.29) is 63.2 Å². The number of likely N-dealkylation sites (N-methyl/N-ethyl adjacent to an activating group) is 1. The lowest BCUT2D eigenvalue weighted by atomic mass is 9.86. The zero-order chi connectivity index (χ0) is 49.9. The van der Waals surface area contributed by atoms with Gasteiger partial charge in [0.2, 0.25) is 23.6 Å². The summed E-state index contributed by atoms with van der Waals surface area (Å²) in [6.07, 6.45) is -0.0175. The molecule has 19 heteroatoms. The van der Waals surface area contributed by atoms with Crippen molar-refractivity contribution in [3.63, 3.8) is 0 Å². The first-order valence-electron chi connectivity index (χ1n) is 22.5. The zero-order valence-electron chi connectivity index (χ0n) is 40.1. The van der Waals surface area contributed by atoms with Crippen molar-refractivity contribution in [2.45, 2.75) is 77.0 Å². The lowest BCUT2D eigenvalue weighted by molar-refractivity contribution is -0.141. The van der Waals surface area contributed by atoms with E-state index in [1.165, 1.54) is 18.9 Å². The quantitative estimate of drug-likeness (QED) is 0.0792. The molecule has 1 aliphatic heterocycles. The van der Waals surface area contributed by atoms with Crippen LogP contribution in [-0.4, -0.2) is 123 Å². The molecule has 0 spiro atoms. The highest BCUT2D eigenvalue weighted by Crippen LogP contribution is 2.40. The van der Waals surface area contributed by atoms with Gasteiger partial charge in [-0.05, 0) is 73.2 Å². The molecule has 2 heterocycles. The van der Waals surface area contributed by atoms with Gasteiger partial charge < -0.3 is 57.7 Å². The van der Waals surface area contributed by atoms with Gasteiger partial charge in [0.25, 0.3) is 5.91 Å². The van der Waals surface area contributed by atoms with Crippen molar-refractivity contribution >= 4 is 35.4 Å². The van der Waals surface area contributed by atoms with E-state index in [0.29, 0.717) is 51.1 Å². The van der Waals surface area contributed by atoms with Gasteiger partial charge in [0.05, 0.1) is 11.8 Å². The minimum absolute atomic E-state index is 0.00207. The Kier molecular flexibility index (Phi) is 17.6. The Hall–Kier alpha value is -7.14. The Morgan fingerprint density at radius 3 is 2.10 bits per heavy atom. The third-order valence-corrected chi connectivity index (χ3v) is 11.3. The highest BCUT2D eigenvalue weighted by molar-refractivity contribution is 6.03. The standard InChI is InChI=1S/C49H64N12O7/c1-28-40(43(60(6)7)59-42(55-28)31-10-13-33(14-11-31)49(3,4)5)46(64)57-36(17-18-50)48(66)61(8)41-32-12-16-39(68-24-21-53)35(27-32)34-25-30(9-15-38(34)67-23-20-52)26-37(45(63)54-22-19-51)58-44(62)29(2)56-47(41)65/h9-16,25,27,29,36-37,41H,17-18,20-24,26,50,52-53H2,1-8H3,(H,54,63)(H,56,65)(H,57,64)(H,58,62)/t29-,36-,37-,41-/m0/s1. The summed E-state index contributed by atoms with van der Waals surface area (Å²) in [7, 11) is 4.92. The molecule has 0 unspecified atom stereocenters. The first kappa shape index (κ1) is 51.8. The fraction of sp³-hybridized carbons (Fsp3) is 0.429. The third kappa shape index (κ3) is 12.4. The van der Waals surface area contributed by atoms with Crippen LogP contribution in [0.15, 0.2) is 60.7 Å². The van der Waals surface area contributed by atoms with Crippen molar-refractivity contribution in [3.8, 4) is 40.1 Å². The number of nitrogens with two attached hydrogens (primary N) is 3. The van der Waals surface area contributed by atoms with Crippen LogP contribution in [0.3, 0.4) is 0 Å². The topological polar surface area (TPSA) is 286 Å². The highest BCUT2D eigenvalue weighted by Gasteiger charge is 2.37. The molecule has 10 N–H and O–H groups in total. The van der Waals surface area contributed by atoms with E-state index in [9.17, 15) is 29.2 Å². The van der Waals surface area contributed by atoms with Crippen LogP contribution in [0.25, 0.3) is 22.5 Å². The summed E-state index contributed by atoms with van der Waals surface area (Å²) in [5.74, 6) is -1.89. The number of nitrogens with one attached hydrogen (secondary N) is 4. The van der Waals surface area contributed by atoms with Crippen LogP contribution in [0.2, 0.25) is 0 Å². The van der Waals surface area contributed by atoms with Gasteiger partial charge in [-0.2, -0.15) is 5.26 Å². The molecule has 3 aromatic carbocycles. The van der Waals surface area contributed by atoms with E-state index in [2.05, 4.69) is 42.0 Å². The molecule has 19 nitrogen and oxygen atoms in total. The maximum absolute atomic E-state index is 14.8. The summed E-state index contributed by atoms with van der Waals surface area (Å²) in [4.78, 5) is 83.5. The maximum atomic E-state index is 14.8. The first-order valence-corrected chi connectivity index (χ1v) is 22.5. The number of aromatic nitrogens is 2. The number of ether oxygens (including phenoxy) is 2. The number of carbonyl (C=O) groups excluding carboxylic acids is 5. The second kappa shape index (κ2) is 23.0. The number of benzene rings is 3. The van der Waals surface area contributed by atoms with Crippen LogP contribution in [0.1, 0.15) is 72.9 Å². The molecule has 68 heavy (non-hydrogen) atoms. The van der Waals surface area contributed by atoms with Crippen molar-refractivity contribution < 1.29 is 33.4 Å². The zero-order valence-corrected chi connectivity index (χ0v) is 40.1. The Labute approximate surface area is 397 Å². The van der Waals surface area contributed by atoms with E-state index in [1.54, 1.807) is 62.3 Å². The second-order valence-electron chi connectivity index (χ2n) is 17.7. The number of hydrogen-bond donors (Lipinski definition) is 7. The molecule has 0 fully saturated rings. The van der Waals surface area contributed by atoms with Gasteiger partial charge in [-0.25, -0.2) is 9.97 Å². The van der Waals surface area contributed by atoms with E-state index < -0.39 is 53.7 Å². The lowest BCUT2D eigenvalue weighted by Crippen LogP contribution is -2.56. The van der Waals surface area contributed by atoms with Crippen LogP contribution in [0, 0.1) is 18.3 Å². The molecule has 4 atom stereocenters. The molecule has 4 bridgehead atoms. The highest BCUT2D eigenvalue weighted by atomic mass is 16.5. The number of carbonyl (C=O) groups is 5. The van der Waals surface area contributed by atoms with Crippen LogP contribution in [-0.2, 0) is 31.0 Å². The van der Waals surface area contributed by atoms with Crippen molar-refractivity contribution in [3.05, 3.63) is 88.6 Å². The summed E-state index contributed by atoms with van der Waals surface area (Å²) >= 11 is 0. The summed E-state index contributed by atoms with van der Waals surface area (Å²) in [5, 5.41) is 20.0. The Morgan fingerprint density at radius 2 is 1.51 bits per heavy atom. The average molecular weight is 933 g/mol. The summed E-state index contributed by atoms with van der Waals surface area (Å²) in [5.41, 5.74) is 22.0. The Morgan fingerprint density at radius 1 is 0.882 bits per heavy atom. The van der Waals surface area contributed by atoms with Gasteiger partial charge >= 0.3 is 0 Å². The molecule has 1 aliphatic rings. The molecule has 5 amide bonds. The van der Waals surface area contributed by atoms with E-state index in [4.69, 9.17) is 36.6 Å². The van der Waals surface area contributed by atoms with Gasteiger partial charge in [-0.15, -0.1) is 0 Å². The maximum Gasteiger partial charge on any atom is 0.257 e. The minimum atomic E-state index is -1.42. The van der Waals surface area contributed by atoms with Crippen LogP contribution in [0.5, 0.6) is 11.5 Å². The Balaban J connectivity index is 1.60. The number of rotatable bonds is 16. The number of hydrogen-bond acceptors (Lipinski definition) is 14. The van der Waals surface area contributed by atoms with Gasteiger partial charge in [0.15, 0.2) is 5.82 Å². The van der Waals surface area contributed by atoms with E-state index >= 15 is 0 Å². The number of amides is 5. The van der Waals surface area contributed by atoms with Crippen molar-refractivity contribution in [2.75, 3.05) is 65.4 Å². The molecule has 1 aromatic heterocycles. The number of nitrogens with zero attached hydrogens (tertiary/aromatic N) is 5. The third-order valence-electron chi connectivity index (χ3n) is 11.3. The van der Waals surface area contributed by atoms with E-state index in [0.717, 1.165) is 11.1 Å². The molecule has 0 saturated heterocycles. The van der Waals surface area contributed by atoms with Crippen LogP contribution < -0.4 is 52.8 Å². The fourth-order valence-corrected chi connectivity index (χ4v) is 7.76. The smallest absolute Gasteiger partial charge is 0.257 e. The van der Waals surface area contributed by atoms with Crippen LogP contribution in [0.4, 0.5) is 5.82 Å². The summed E-state index contributed by atoms with van der Waals surface area (Å²) in [6, 6.07) is 14.9. The summed E-state index contributed by atoms with van der Waals surface area (Å²) < 4.78 is 12.2. The number of anilines is 1. The minimum Gasteiger partial charge on any atom is -0.492 e. The second-order valence-corrected chi connectivity index (χ2v) is 17.7. The van der Waals surface area contributed by atoms with Gasteiger partial charge in [-0.1, -0.05) is 57.2 Å². The lowest BCUT2D eigenvalue weighted by Gasteiger charge is -2.33. The van der Waals surface area contributed by atoms with Crippen molar-refractivity contribution in [1.82, 2.24) is 36.1 Å². The molecule has 0 aliphatic carbocycles. The summed E-state index contributed by atoms with van der Waals surface area (Å²) in [6.45, 7) is 9.85. The number of fused-ring (bicyclic) bond motifs is 5. The predicted molar refractivity (Wildman–Crippen MR) is 259 cm³/mol. The van der Waals surface area contributed by atoms with Gasteiger partial charge in [0, 0.05) is 57.3 Å². The molecule has 4 aromatic rings. The molecule has 0 radical (unpaired) electrons. The largest absolute Gasteiger partial charge is 0.492 e. The molecule has 0 saturated carbocycles. The number of nitriles is 1. The van der Waals surface area contributed by atoms with Crippen LogP contribution >= 0.6 is 0 Å². The number of aryl methyl sites for hydroxylation is 1. The SMILES string of the molecule is Cc1nc(-c2ccc(C(C)(C)C)cc2)nc(N(C)C)c1C(=O)N[C@@H](CCN)C(=O)N(C)[C@@H]1C(=O)N[C@@H](C)C(=O)N[C@H](C(=O)NCC#N)Cc2ccc(OCCN)c(c2)-c2cc1ccc2OCCN. The predicted octanol–water partition coefficient (Wildman–Crippen LogP) is 1.99. The molecular formula is C49H64N12O7. The first-order chi connectivity index (χ1) is 32.3. The molecule has 362 valence electrons. The van der Waals surface area contributed by atoms with Crippen molar-refractivity contribution in [2.24, 2.45) is 17.2 Å². The van der Waals surface area contributed by atoms with E-state index in [1.807, 2.05) is 30.3 Å². The normalized spacial score (nSPS) is 16.5.